The normalized spacial score (nSPS) is 10.1. The smallest absolute Gasteiger partial charge is 0.377 e. The molecule has 0 aliphatic heterocycles. The van der Waals surface area contributed by atoms with Crippen LogP contribution < -0.4 is 0 Å². The number of carbonyl (C=O) groups excluding carboxylic acids is 1. The zero-order valence-corrected chi connectivity index (χ0v) is 13.3. The van der Waals surface area contributed by atoms with Crippen LogP contribution >= 0.6 is 11.6 Å². The quantitative estimate of drug-likeness (QED) is 0.298. The van der Waals surface area contributed by atoms with Crippen LogP contribution in [0.5, 0.6) is 0 Å². The van der Waals surface area contributed by atoms with Crippen LogP contribution in [0.25, 0.3) is 0 Å². The molecule has 15 heavy (non-hydrogen) atoms. The molecule has 0 unspecified atom stereocenters. The van der Waals surface area contributed by atoms with Crippen molar-refractivity contribution >= 4 is 36.9 Å². The highest BCUT2D eigenvalue weighted by atomic mass is 35.5. The van der Waals surface area contributed by atoms with Crippen molar-refractivity contribution in [2.45, 2.75) is 12.5 Å². The molecule has 0 aromatic rings. The van der Waals surface area contributed by atoms with E-state index < -0.39 is 8.80 Å². The standard InChI is InChI=1S/C6H15ClO3Si.CH3NOSi/c1-8-11(9-2,10-3)6-4-5-7;3-1-2-4/h4-6H2,1-3H3;4H3. The Hall–Kier alpha value is -0.0162. The maximum absolute atomic E-state index is 8.92. The van der Waals surface area contributed by atoms with Gasteiger partial charge in [-0.05, 0) is 6.42 Å². The minimum Gasteiger partial charge on any atom is -0.377 e. The van der Waals surface area contributed by atoms with Crippen molar-refractivity contribution < 1.29 is 18.1 Å². The molecule has 0 aromatic carbocycles. The summed E-state index contributed by atoms with van der Waals surface area (Å²) in [5.74, 6) is 0.616. The number of nitrogens with zero attached hydrogens (tertiary/aromatic N) is 1. The summed E-state index contributed by atoms with van der Waals surface area (Å²) in [6.45, 7) is 0. The highest BCUT2D eigenvalue weighted by molar-refractivity contribution is 6.60. The summed E-state index contributed by atoms with van der Waals surface area (Å²) in [4.78, 5) is 8.92. The topological polar surface area (TPSA) is 57.1 Å². The fourth-order valence-corrected chi connectivity index (χ4v) is 2.92. The Balaban J connectivity index is 0. The third kappa shape index (κ3) is 8.94. The van der Waals surface area contributed by atoms with Crippen LogP contribution in [0.3, 0.4) is 0 Å². The van der Waals surface area contributed by atoms with Gasteiger partial charge in [0.15, 0.2) is 10.4 Å². The molecule has 0 fully saturated rings. The van der Waals surface area contributed by atoms with E-state index in [1.165, 1.54) is 6.08 Å². The molecular weight excluding hydrogens is 254 g/mol. The van der Waals surface area contributed by atoms with Crippen LogP contribution in [-0.2, 0) is 18.1 Å². The third-order valence-corrected chi connectivity index (χ3v) is 4.92. The van der Waals surface area contributed by atoms with Gasteiger partial charge < -0.3 is 13.3 Å². The molecule has 0 saturated heterocycles. The zero-order valence-electron chi connectivity index (χ0n) is 9.58. The Morgan fingerprint density at radius 2 is 1.73 bits per heavy atom. The molecule has 0 atom stereocenters. The predicted molar refractivity (Wildman–Crippen MR) is 65.0 cm³/mol. The summed E-state index contributed by atoms with van der Waals surface area (Å²) >= 11 is 5.53. The van der Waals surface area contributed by atoms with Crippen molar-refractivity contribution in [3.63, 3.8) is 0 Å². The number of halogens is 1. The van der Waals surface area contributed by atoms with Crippen molar-refractivity contribution in [3.8, 4) is 0 Å². The van der Waals surface area contributed by atoms with Crippen molar-refractivity contribution in [2.75, 3.05) is 27.2 Å². The van der Waals surface area contributed by atoms with Crippen molar-refractivity contribution in [3.05, 3.63) is 0 Å². The molecule has 5 nitrogen and oxygen atoms in total. The molecule has 8 heteroatoms. The van der Waals surface area contributed by atoms with Gasteiger partial charge >= 0.3 is 8.80 Å². The SMILES string of the molecule is CO[Si](CCCCl)(OC)OC.O=C=N[SiH3]. The van der Waals surface area contributed by atoms with Gasteiger partial charge in [0, 0.05) is 33.3 Å². The van der Waals surface area contributed by atoms with E-state index in [0.717, 1.165) is 12.5 Å². The summed E-state index contributed by atoms with van der Waals surface area (Å²) < 4.78 is 18.6. The van der Waals surface area contributed by atoms with Crippen LogP contribution in [0.2, 0.25) is 6.04 Å². The Kier molecular flexibility index (Phi) is 14.0. The number of isocyanates is 1. The van der Waals surface area contributed by atoms with Gasteiger partial charge in [-0.15, -0.1) is 11.6 Å². The molecule has 0 aliphatic carbocycles. The van der Waals surface area contributed by atoms with Gasteiger partial charge in [-0.3, -0.25) is 4.66 Å². The minimum absolute atomic E-state index is 0.591. The molecule has 90 valence electrons. The van der Waals surface area contributed by atoms with Crippen molar-refractivity contribution in [1.29, 1.82) is 0 Å². The maximum atomic E-state index is 8.92. The first-order valence-electron chi connectivity index (χ1n) is 4.33. The van der Waals surface area contributed by atoms with Gasteiger partial charge in [0.2, 0.25) is 6.08 Å². The Bertz CT molecular complexity index is 178. The highest BCUT2D eigenvalue weighted by Crippen LogP contribution is 2.14. The second kappa shape index (κ2) is 12.1. The maximum Gasteiger partial charge on any atom is 0.500 e. The van der Waals surface area contributed by atoms with Crippen LogP contribution in [0.15, 0.2) is 4.66 Å². The number of rotatable bonds is 6. The van der Waals surface area contributed by atoms with E-state index in [1.807, 2.05) is 0 Å². The molecule has 0 aromatic heterocycles. The monoisotopic (exact) mass is 271 g/mol. The fourth-order valence-electron chi connectivity index (χ4n) is 0.840. The number of hydrogen-bond donors (Lipinski definition) is 0. The molecule has 0 amide bonds. The van der Waals surface area contributed by atoms with Gasteiger partial charge in [-0.1, -0.05) is 0 Å². The lowest BCUT2D eigenvalue weighted by Crippen LogP contribution is -2.42. The van der Waals surface area contributed by atoms with E-state index in [-0.39, 0.29) is 0 Å². The summed E-state index contributed by atoms with van der Waals surface area (Å²) in [6.07, 6.45) is 2.23. The summed E-state index contributed by atoms with van der Waals surface area (Å²) in [5.41, 5.74) is 0. The molecule has 0 radical (unpaired) electrons. The summed E-state index contributed by atoms with van der Waals surface area (Å²) in [5, 5.41) is 0. The average Bonchev–Trinajstić information content (AvgIpc) is 2.32. The molecule has 0 heterocycles. The summed E-state index contributed by atoms with van der Waals surface area (Å²) in [6, 6.07) is 0.778. The molecule has 0 rings (SSSR count). The molecule has 0 N–H and O–H groups in total. The Morgan fingerprint density at radius 1 is 1.33 bits per heavy atom. The predicted octanol–water partition coefficient (Wildman–Crippen LogP) is 0.0960. The lowest BCUT2D eigenvalue weighted by Gasteiger charge is -2.23. The third-order valence-electron chi connectivity index (χ3n) is 1.64. The van der Waals surface area contributed by atoms with E-state index in [4.69, 9.17) is 29.7 Å². The van der Waals surface area contributed by atoms with E-state index in [2.05, 4.69) is 4.66 Å². The van der Waals surface area contributed by atoms with Gasteiger partial charge in [0.25, 0.3) is 0 Å². The molecular formula is C7H18ClNO4Si2. The van der Waals surface area contributed by atoms with E-state index in [0.29, 0.717) is 16.3 Å². The minimum atomic E-state index is -2.32. The zero-order chi connectivity index (χ0) is 12.2. The van der Waals surface area contributed by atoms with E-state index in [9.17, 15) is 0 Å². The van der Waals surface area contributed by atoms with Crippen LogP contribution in [-0.4, -0.2) is 52.5 Å². The van der Waals surface area contributed by atoms with Crippen LogP contribution in [0.1, 0.15) is 6.42 Å². The van der Waals surface area contributed by atoms with Crippen molar-refractivity contribution in [1.82, 2.24) is 0 Å². The van der Waals surface area contributed by atoms with Gasteiger partial charge in [-0.2, -0.15) is 0 Å². The lowest BCUT2D eigenvalue weighted by atomic mass is 10.6. The van der Waals surface area contributed by atoms with Gasteiger partial charge in [0.1, 0.15) is 0 Å². The van der Waals surface area contributed by atoms with Crippen molar-refractivity contribution in [2.24, 2.45) is 4.66 Å². The molecule has 0 aliphatic rings. The van der Waals surface area contributed by atoms with E-state index in [1.54, 1.807) is 21.3 Å². The molecule has 0 saturated carbocycles. The molecule has 0 spiro atoms. The van der Waals surface area contributed by atoms with Gasteiger partial charge in [-0.25, -0.2) is 4.79 Å². The largest absolute Gasteiger partial charge is 0.500 e. The highest BCUT2D eigenvalue weighted by Gasteiger charge is 2.36. The Morgan fingerprint density at radius 3 is 1.93 bits per heavy atom. The first-order valence-corrected chi connectivity index (χ1v) is 7.69. The number of hydrogen-bond acceptors (Lipinski definition) is 5. The van der Waals surface area contributed by atoms with E-state index >= 15 is 0 Å². The summed E-state index contributed by atoms with van der Waals surface area (Å²) in [7, 11) is 3.08. The first kappa shape index (κ1) is 17.4. The van der Waals surface area contributed by atoms with Crippen LogP contribution in [0.4, 0.5) is 0 Å². The fraction of sp³-hybridized carbons (Fsp3) is 0.857. The first-order chi connectivity index (χ1) is 7.16. The lowest BCUT2D eigenvalue weighted by molar-refractivity contribution is 0.123. The van der Waals surface area contributed by atoms with Crippen LogP contribution in [0, 0.1) is 0 Å². The molecule has 0 bridgehead atoms. The second-order valence-electron chi connectivity index (χ2n) is 2.40. The van der Waals surface area contributed by atoms with Gasteiger partial charge in [0.05, 0.1) is 0 Å². The Labute approximate surface area is 99.6 Å². The average molecular weight is 272 g/mol. The second-order valence-corrected chi connectivity index (χ2v) is 6.32. The number of alkyl halides is 1.